The van der Waals surface area contributed by atoms with Gasteiger partial charge < -0.3 is 20.3 Å². The summed E-state index contributed by atoms with van der Waals surface area (Å²) in [5, 5.41) is 6.47. The molecule has 5 nitrogen and oxygen atoms in total. The molecule has 0 aliphatic heterocycles. The van der Waals surface area contributed by atoms with Gasteiger partial charge in [0.2, 0.25) is 5.91 Å². The van der Waals surface area contributed by atoms with E-state index in [0.29, 0.717) is 13.1 Å². The van der Waals surface area contributed by atoms with Crippen LogP contribution in [0.15, 0.2) is 60.9 Å². The van der Waals surface area contributed by atoms with E-state index in [1.807, 2.05) is 48.5 Å². The molecule has 2 N–H and O–H groups in total. The first-order chi connectivity index (χ1) is 12.0. The Bertz CT molecular complexity index is 709. The van der Waals surface area contributed by atoms with E-state index in [0.717, 1.165) is 28.4 Å². The number of hydrogen-bond donors (Lipinski definition) is 2. The number of methoxy groups -OCH3 is 1. The highest BCUT2D eigenvalue weighted by molar-refractivity contribution is 5.72. The monoisotopic (exact) mass is 339 g/mol. The van der Waals surface area contributed by atoms with E-state index in [2.05, 4.69) is 17.2 Å². The zero-order valence-electron chi connectivity index (χ0n) is 15.0. The third-order valence-corrected chi connectivity index (χ3v) is 3.87. The van der Waals surface area contributed by atoms with E-state index in [9.17, 15) is 4.79 Å². The van der Waals surface area contributed by atoms with E-state index < -0.39 is 0 Å². The Kier molecular flexibility index (Phi) is 6.46. The van der Waals surface area contributed by atoms with Gasteiger partial charge in [-0.3, -0.25) is 4.79 Å². The molecule has 0 saturated carbocycles. The largest absolute Gasteiger partial charge is 0.497 e. The number of benzene rings is 2. The number of ether oxygens (including phenoxy) is 1. The first-order valence-electron chi connectivity index (χ1n) is 8.11. The van der Waals surface area contributed by atoms with Gasteiger partial charge in [0, 0.05) is 32.7 Å². The summed E-state index contributed by atoms with van der Waals surface area (Å²) in [6.07, 6.45) is 0. The minimum atomic E-state index is 0.0540. The number of rotatable bonds is 8. The van der Waals surface area contributed by atoms with Crippen LogP contribution >= 0.6 is 0 Å². The van der Waals surface area contributed by atoms with Gasteiger partial charge >= 0.3 is 0 Å². The molecule has 2 aromatic rings. The van der Waals surface area contributed by atoms with Crippen LogP contribution in [0, 0.1) is 0 Å². The molecule has 0 unspecified atom stereocenters. The zero-order valence-corrected chi connectivity index (χ0v) is 15.0. The molecule has 0 atom stereocenters. The summed E-state index contributed by atoms with van der Waals surface area (Å²) in [4.78, 5) is 13.0. The van der Waals surface area contributed by atoms with E-state index >= 15 is 0 Å². The van der Waals surface area contributed by atoms with Crippen molar-refractivity contribution in [3.8, 4) is 5.75 Å². The predicted octanol–water partition coefficient (Wildman–Crippen LogP) is 3.35. The van der Waals surface area contributed by atoms with Crippen molar-refractivity contribution in [3.05, 3.63) is 72.1 Å². The van der Waals surface area contributed by atoms with Crippen molar-refractivity contribution in [1.82, 2.24) is 10.2 Å². The van der Waals surface area contributed by atoms with Crippen molar-refractivity contribution < 1.29 is 9.53 Å². The lowest BCUT2D eigenvalue weighted by atomic mass is 10.2. The first kappa shape index (κ1) is 18.4. The van der Waals surface area contributed by atoms with Crippen LogP contribution in [0.1, 0.15) is 18.1 Å². The number of amides is 1. The van der Waals surface area contributed by atoms with Crippen LogP contribution in [0.5, 0.6) is 5.75 Å². The minimum Gasteiger partial charge on any atom is -0.497 e. The highest BCUT2D eigenvalue weighted by atomic mass is 16.5. The Morgan fingerprint density at radius 3 is 2.24 bits per heavy atom. The fourth-order valence-corrected chi connectivity index (χ4v) is 2.25. The number of nitrogens with one attached hydrogen (secondary N) is 2. The topological polar surface area (TPSA) is 53.6 Å². The van der Waals surface area contributed by atoms with Crippen molar-refractivity contribution in [1.29, 1.82) is 0 Å². The third-order valence-electron chi connectivity index (χ3n) is 3.87. The van der Waals surface area contributed by atoms with Gasteiger partial charge in [-0.25, -0.2) is 0 Å². The molecular formula is C20H25N3O2. The first-order valence-corrected chi connectivity index (χ1v) is 8.11. The second kappa shape index (κ2) is 8.78. The number of carbonyl (C=O) groups excluding carboxylic acids is 1. The Balaban J connectivity index is 1.82. The fourth-order valence-electron chi connectivity index (χ4n) is 2.25. The van der Waals surface area contributed by atoms with Crippen molar-refractivity contribution in [3.63, 3.8) is 0 Å². The number of anilines is 1. The van der Waals surface area contributed by atoms with Crippen LogP contribution in [-0.4, -0.2) is 25.0 Å². The highest BCUT2D eigenvalue weighted by Crippen LogP contribution is 2.14. The number of hydrogen-bond acceptors (Lipinski definition) is 4. The molecular weight excluding hydrogens is 314 g/mol. The molecule has 2 rings (SSSR count). The molecule has 0 aromatic heterocycles. The molecule has 0 fully saturated rings. The molecule has 0 aliphatic rings. The molecule has 0 heterocycles. The summed E-state index contributed by atoms with van der Waals surface area (Å²) < 4.78 is 5.15. The Hall–Kier alpha value is -2.95. The van der Waals surface area contributed by atoms with E-state index in [-0.39, 0.29) is 5.91 Å². The second-order valence-electron chi connectivity index (χ2n) is 5.88. The van der Waals surface area contributed by atoms with Crippen molar-refractivity contribution in [2.45, 2.75) is 20.0 Å². The molecule has 0 radical (unpaired) electrons. The van der Waals surface area contributed by atoms with E-state index in [4.69, 9.17) is 4.74 Å². The number of carbonyl (C=O) groups is 1. The molecule has 1 amide bonds. The molecule has 2 aromatic carbocycles. The summed E-state index contributed by atoms with van der Waals surface area (Å²) in [5.41, 5.74) is 3.17. The predicted molar refractivity (Wildman–Crippen MR) is 101 cm³/mol. The molecule has 5 heteroatoms. The molecule has 25 heavy (non-hydrogen) atoms. The van der Waals surface area contributed by atoms with Gasteiger partial charge in [-0.2, -0.15) is 0 Å². The van der Waals surface area contributed by atoms with Gasteiger partial charge in [0.25, 0.3) is 0 Å². The highest BCUT2D eigenvalue weighted by Gasteiger charge is 2.03. The zero-order chi connectivity index (χ0) is 18.2. The van der Waals surface area contributed by atoms with Crippen LogP contribution in [-0.2, 0) is 17.9 Å². The maximum atomic E-state index is 11.3. The molecule has 0 bridgehead atoms. The molecule has 0 spiro atoms. The third kappa shape index (κ3) is 5.88. The smallest absolute Gasteiger partial charge is 0.219 e. The van der Waals surface area contributed by atoms with Gasteiger partial charge in [-0.05, 0) is 35.4 Å². The average Bonchev–Trinajstić information content (AvgIpc) is 2.62. The summed E-state index contributed by atoms with van der Waals surface area (Å²) in [7, 11) is 3.45. The second-order valence-corrected chi connectivity index (χ2v) is 5.88. The van der Waals surface area contributed by atoms with Gasteiger partial charge in [0.1, 0.15) is 5.75 Å². The lowest BCUT2D eigenvalue weighted by Gasteiger charge is -2.16. The normalized spacial score (nSPS) is 10.0. The number of nitrogens with zero attached hydrogens (tertiary/aromatic N) is 1. The van der Waals surface area contributed by atoms with Crippen LogP contribution < -0.4 is 15.4 Å². The average molecular weight is 339 g/mol. The van der Waals surface area contributed by atoms with Crippen LogP contribution in [0.4, 0.5) is 5.69 Å². The van der Waals surface area contributed by atoms with Gasteiger partial charge in [-0.1, -0.05) is 30.8 Å². The van der Waals surface area contributed by atoms with Crippen LogP contribution in [0.25, 0.3) is 0 Å². The van der Waals surface area contributed by atoms with Gasteiger partial charge in [-0.15, -0.1) is 0 Å². The van der Waals surface area contributed by atoms with Crippen molar-refractivity contribution in [2.24, 2.45) is 0 Å². The van der Waals surface area contributed by atoms with E-state index in [1.54, 1.807) is 26.0 Å². The summed E-state index contributed by atoms with van der Waals surface area (Å²) >= 11 is 0. The minimum absolute atomic E-state index is 0.0540. The SMILES string of the molecule is C=C(NCc1ccc(OC)cc1)Nc1ccc(CN(C)C(C)=O)cc1. The van der Waals surface area contributed by atoms with Crippen LogP contribution in [0.2, 0.25) is 0 Å². The van der Waals surface area contributed by atoms with Crippen molar-refractivity contribution in [2.75, 3.05) is 19.5 Å². The van der Waals surface area contributed by atoms with Gasteiger partial charge in [0.15, 0.2) is 0 Å². The van der Waals surface area contributed by atoms with Gasteiger partial charge in [0.05, 0.1) is 12.9 Å². The standard InChI is InChI=1S/C20H25N3O2/c1-15(21-13-17-7-11-20(25-4)12-8-17)22-19-9-5-18(6-10-19)14-23(3)16(2)24/h5-12,21-22H,1,13-14H2,2-4H3. The molecule has 0 saturated heterocycles. The summed E-state index contributed by atoms with van der Waals surface area (Å²) in [5.74, 6) is 1.62. The lowest BCUT2D eigenvalue weighted by Crippen LogP contribution is -2.23. The quantitative estimate of drug-likeness (QED) is 0.774. The van der Waals surface area contributed by atoms with E-state index in [1.165, 1.54) is 0 Å². The summed E-state index contributed by atoms with van der Waals surface area (Å²) in [6.45, 7) is 6.84. The lowest BCUT2D eigenvalue weighted by molar-refractivity contribution is -0.128. The fraction of sp³-hybridized carbons (Fsp3) is 0.250. The maximum absolute atomic E-state index is 11.3. The maximum Gasteiger partial charge on any atom is 0.219 e. The Morgan fingerprint density at radius 1 is 1.08 bits per heavy atom. The Labute approximate surface area is 149 Å². The van der Waals surface area contributed by atoms with Crippen LogP contribution in [0.3, 0.4) is 0 Å². The molecule has 0 aliphatic carbocycles. The molecule has 132 valence electrons. The summed E-state index contributed by atoms with van der Waals surface area (Å²) in [6, 6.07) is 15.8. The Morgan fingerprint density at radius 2 is 1.68 bits per heavy atom. The van der Waals surface area contributed by atoms with Crippen molar-refractivity contribution >= 4 is 11.6 Å².